The summed E-state index contributed by atoms with van der Waals surface area (Å²) in [5, 5.41) is 9.88. The van der Waals surface area contributed by atoms with Gasteiger partial charge in [-0.1, -0.05) is 12.1 Å². The molecule has 0 atom stereocenters. The summed E-state index contributed by atoms with van der Waals surface area (Å²) in [4.78, 5) is 12.0. The molecule has 0 spiro atoms. The lowest BCUT2D eigenvalue weighted by Gasteiger charge is -2.06. The minimum Gasteiger partial charge on any atom is -0.380 e. The number of carbonyl (C=O) groups is 1. The molecule has 5 N–H and O–H groups in total. The molecule has 0 unspecified atom stereocenters. The van der Waals surface area contributed by atoms with Gasteiger partial charge in [0.15, 0.2) is 0 Å². The lowest BCUT2D eigenvalue weighted by Crippen LogP contribution is -2.14. The first-order chi connectivity index (χ1) is 9.83. The summed E-state index contributed by atoms with van der Waals surface area (Å²) in [7, 11) is -3.51. The van der Waals surface area contributed by atoms with Gasteiger partial charge in [0.2, 0.25) is 15.9 Å². The van der Waals surface area contributed by atoms with Crippen LogP contribution in [0.15, 0.2) is 35.7 Å². The predicted octanol–water partition coefficient (Wildman–Crippen LogP) is 1.25. The van der Waals surface area contributed by atoms with Crippen molar-refractivity contribution >= 4 is 33.0 Å². The maximum Gasteiger partial charge on any atom is 0.249 e. The molecule has 0 saturated heterocycles. The van der Waals surface area contributed by atoms with E-state index >= 15 is 0 Å². The van der Waals surface area contributed by atoms with Crippen LogP contribution in [0.25, 0.3) is 0 Å². The second-order valence-electron chi connectivity index (χ2n) is 4.52. The van der Waals surface area contributed by atoms with E-state index in [0.29, 0.717) is 17.7 Å². The Kier molecular flexibility index (Phi) is 4.61. The Labute approximate surface area is 126 Å². The zero-order valence-electron chi connectivity index (χ0n) is 11.1. The van der Waals surface area contributed by atoms with E-state index in [9.17, 15) is 13.2 Å². The summed E-state index contributed by atoms with van der Waals surface area (Å²) >= 11 is 1.45. The topological polar surface area (TPSA) is 115 Å². The molecule has 1 aromatic heterocycles. The van der Waals surface area contributed by atoms with Gasteiger partial charge in [-0.2, -0.15) is 0 Å². The number of nitrogens with one attached hydrogen (secondary N) is 1. The number of thiophene rings is 1. The lowest BCUT2D eigenvalue weighted by molar-refractivity contribution is 0.100. The van der Waals surface area contributed by atoms with Crippen molar-refractivity contribution in [1.82, 2.24) is 0 Å². The van der Waals surface area contributed by atoms with Crippen LogP contribution in [0, 0.1) is 0 Å². The van der Waals surface area contributed by atoms with Gasteiger partial charge in [0.25, 0.3) is 0 Å². The number of amides is 1. The fourth-order valence-corrected chi connectivity index (χ4v) is 3.21. The largest absolute Gasteiger partial charge is 0.380 e. The Hall–Kier alpha value is -1.90. The quantitative estimate of drug-likeness (QED) is 0.741. The Bertz CT molecular complexity index is 736. The van der Waals surface area contributed by atoms with E-state index in [1.165, 1.54) is 11.3 Å². The van der Waals surface area contributed by atoms with E-state index in [1.54, 1.807) is 35.7 Å². The van der Waals surface area contributed by atoms with E-state index in [1.807, 2.05) is 0 Å². The van der Waals surface area contributed by atoms with Crippen LogP contribution in [0.1, 0.15) is 20.8 Å². The molecule has 1 aromatic carbocycles. The fourth-order valence-electron chi connectivity index (χ4n) is 1.74. The number of primary amides is 1. The maximum atomic E-state index is 11.0. The third kappa shape index (κ3) is 4.85. The molecule has 0 fully saturated rings. The molecule has 0 radical (unpaired) electrons. The van der Waals surface area contributed by atoms with Crippen LogP contribution in [0.3, 0.4) is 0 Å². The first-order valence-corrected chi connectivity index (χ1v) is 8.63. The molecule has 112 valence electrons. The van der Waals surface area contributed by atoms with Crippen molar-refractivity contribution in [2.75, 3.05) is 5.32 Å². The number of anilines is 1. The van der Waals surface area contributed by atoms with Crippen LogP contribution in [0.5, 0.6) is 0 Å². The van der Waals surface area contributed by atoms with Gasteiger partial charge in [-0.05, 0) is 23.8 Å². The Balaban J connectivity index is 1.95. The highest BCUT2D eigenvalue weighted by atomic mass is 32.2. The maximum absolute atomic E-state index is 11.0. The smallest absolute Gasteiger partial charge is 0.249 e. The van der Waals surface area contributed by atoms with Crippen LogP contribution < -0.4 is 16.2 Å². The molecular formula is C13H15N3O3S2. The first kappa shape index (κ1) is 15.5. The molecule has 0 aliphatic rings. The number of hydrogen-bond acceptors (Lipinski definition) is 5. The summed E-state index contributed by atoms with van der Waals surface area (Å²) in [5.74, 6) is -0.620. The van der Waals surface area contributed by atoms with Crippen LogP contribution >= 0.6 is 11.3 Å². The van der Waals surface area contributed by atoms with E-state index < -0.39 is 15.9 Å². The van der Waals surface area contributed by atoms with Crippen LogP contribution in [-0.2, 0) is 22.3 Å². The SMILES string of the molecule is NC(=O)c1csc(CNc2ccc(CS(N)(=O)=O)cc2)c1. The van der Waals surface area contributed by atoms with Gasteiger partial charge in [-0.15, -0.1) is 11.3 Å². The predicted molar refractivity (Wildman–Crippen MR) is 83.4 cm³/mol. The summed E-state index contributed by atoms with van der Waals surface area (Å²) in [6, 6.07) is 8.72. The second-order valence-corrected chi connectivity index (χ2v) is 7.13. The van der Waals surface area contributed by atoms with E-state index in [4.69, 9.17) is 10.9 Å². The van der Waals surface area contributed by atoms with Crippen molar-refractivity contribution in [2.45, 2.75) is 12.3 Å². The fraction of sp³-hybridized carbons (Fsp3) is 0.154. The van der Waals surface area contributed by atoms with Gasteiger partial charge in [0.05, 0.1) is 11.3 Å². The molecular weight excluding hydrogens is 310 g/mol. The standard InChI is InChI=1S/C13H15N3O3S2/c14-13(17)10-5-12(20-7-10)6-16-11-3-1-9(2-4-11)8-21(15,18)19/h1-5,7,16H,6,8H2,(H2,14,17)(H2,15,18,19). The number of nitrogens with two attached hydrogens (primary N) is 2. The lowest BCUT2D eigenvalue weighted by atomic mass is 10.2. The third-order valence-corrected chi connectivity index (χ3v) is 4.40. The molecule has 21 heavy (non-hydrogen) atoms. The van der Waals surface area contributed by atoms with Crippen molar-refractivity contribution in [2.24, 2.45) is 10.9 Å². The minimum absolute atomic E-state index is 0.180. The second kappa shape index (κ2) is 6.25. The highest BCUT2D eigenvalue weighted by Crippen LogP contribution is 2.17. The molecule has 6 nitrogen and oxygen atoms in total. The van der Waals surface area contributed by atoms with E-state index in [0.717, 1.165) is 10.6 Å². The number of hydrogen-bond donors (Lipinski definition) is 3. The van der Waals surface area contributed by atoms with Gasteiger partial charge in [0.1, 0.15) is 0 Å². The van der Waals surface area contributed by atoms with Crippen LogP contribution in [0.2, 0.25) is 0 Å². The summed E-state index contributed by atoms with van der Waals surface area (Å²) in [6.07, 6.45) is 0. The number of sulfonamides is 1. The van der Waals surface area contributed by atoms with Crippen LogP contribution in [-0.4, -0.2) is 14.3 Å². The molecule has 0 aliphatic heterocycles. The Morgan fingerprint density at radius 3 is 2.43 bits per heavy atom. The molecule has 8 heteroatoms. The summed E-state index contributed by atoms with van der Waals surface area (Å²) in [6.45, 7) is 0.562. The number of carbonyl (C=O) groups excluding carboxylic acids is 1. The highest BCUT2D eigenvalue weighted by molar-refractivity contribution is 7.88. The Morgan fingerprint density at radius 1 is 1.24 bits per heavy atom. The van der Waals surface area contributed by atoms with E-state index in [-0.39, 0.29) is 5.75 Å². The number of rotatable bonds is 6. The van der Waals surface area contributed by atoms with Crippen molar-refractivity contribution < 1.29 is 13.2 Å². The van der Waals surface area contributed by atoms with Crippen molar-refractivity contribution in [3.8, 4) is 0 Å². The zero-order chi connectivity index (χ0) is 15.5. The normalized spacial score (nSPS) is 11.3. The van der Waals surface area contributed by atoms with Crippen molar-refractivity contribution in [1.29, 1.82) is 0 Å². The van der Waals surface area contributed by atoms with E-state index in [2.05, 4.69) is 5.32 Å². The minimum atomic E-state index is -3.51. The molecule has 0 aliphatic carbocycles. The van der Waals surface area contributed by atoms with Gasteiger partial charge in [0, 0.05) is 22.5 Å². The molecule has 1 amide bonds. The average molecular weight is 325 g/mol. The first-order valence-electron chi connectivity index (χ1n) is 6.04. The van der Waals surface area contributed by atoms with Crippen LogP contribution in [0.4, 0.5) is 5.69 Å². The third-order valence-electron chi connectivity index (χ3n) is 2.73. The number of primary sulfonamides is 1. The van der Waals surface area contributed by atoms with Gasteiger partial charge in [-0.25, -0.2) is 13.6 Å². The molecule has 1 heterocycles. The summed E-state index contributed by atoms with van der Waals surface area (Å²) < 4.78 is 22.0. The van der Waals surface area contributed by atoms with Gasteiger partial charge >= 0.3 is 0 Å². The molecule has 0 bridgehead atoms. The summed E-state index contributed by atoms with van der Waals surface area (Å²) in [5.41, 5.74) is 7.17. The monoisotopic (exact) mass is 325 g/mol. The Morgan fingerprint density at radius 2 is 1.90 bits per heavy atom. The molecule has 0 saturated carbocycles. The van der Waals surface area contributed by atoms with Gasteiger partial charge < -0.3 is 11.1 Å². The number of benzene rings is 1. The van der Waals surface area contributed by atoms with Crippen molar-refractivity contribution in [3.05, 3.63) is 51.7 Å². The molecule has 2 rings (SSSR count). The van der Waals surface area contributed by atoms with Gasteiger partial charge in [-0.3, -0.25) is 4.79 Å². The highest BCUT2D eigenvalue weighted by Gasteiger charge is 2.06. The average Bonchev–Trinajstić information content (AvgIpc) is 2.85. The van der Waals surface area contributed by atoms with Crippen molar-refractivity contribution in [3.63, 3.8) is 0 Å². The molecule has 2 aromatic rings. The zero-order valence-corrected chi connectivity index (χ0v) is 12.7.